The van der Waals surface area contributed by atoms with Gasteiger partial charge < -0.3 is 9.64 Å². The van der Waals surface area contributed by atoms with Crippen molar-refractivity contribution >= 4 is 22.5 Å². The molecule has 6 nitrogen and oxygen atoms in total. The molecule has 5 rings (SSSR count). The zero-order chi connectivity index (χ0) is 27.7. The highest BCUT2D eigenvalue weighted by Gasteiger charge is 2.22. The minimum absolute atomic E-state index is 0.133. The van der Waals surface area contributed by atoms with Crippen LogP contribution in [-0.2, 0) is 4.74 Å². The Morgan fingerprint density at radius 1 is 0.975 bits per heavy atom. The molecule has 0 unspecified atom stereocenters. The topological polar surface area (TPSA) is 57.7 Å². The van der Waals surface area contributed by atoms with Gasteiger partial charge in [0.25, 0.3) is 0 Å². The number of aromatic nitrogens is 1. The number of ether oxygens (including phenoxy) is 1. The number of nitrogens with one attached hydrogen (secondary N) is 1. The first kappa shape index (κ1) is 27.9. The summed E-state index contributed by atoms with van der Waals surface area (Å²) >= 11 is 1.21. The normalized spacial score (nSPS) is 13.9. The van der Waals surface area contributed by atoms with E-state index in [9.17, 15) is 13.6 Å². The van der Waals surface area contributed by atoms with Gasteiger partial charge in [0.2, 0.25) is 0 Å². The first-order valence-electron chi connectivity index (χ1n) is 13.4. The van der Waals surface area contributed by atoms with Crippen LogP contribution in [0.25, 0.3) is 11.3 Å². The SMILES string of the molecule is O=C(Nc1nc(-c2ccc(F)cc2F)cs1)N(CCC(c1ccccc1)c1ccccc1)CCN1CCOCC1. The van der Waals surface area contributed by atoms with Gasteiger partial charge in [-0.25, -0.2) is 18.6 Å². The summed E-state index contributed by atoms with van der Waals surface area (Å²) in [5, 5.41) is 4.93. The lowest BCUT2D eigenvalue weighted by Gasteiger charge is -2.31. The number of carbonyl (C=O) groups is 1. The van der Waals surface area contributed by atoms with Crippen molar-refractivity contribution < 1.29 is 18.3 Å². The Bertz CT molecular complexity index is 1340. The minimum atomic E-state index is -0.692. The molecule has 0 atom stereocenters. The maximum Gasteiger partial charge on any atom is 0.323 e. The molecule has 208 valence electrons. The number of halogens is 2. The van der Waals surface area contributed by atoms with E-state index in [1.54, 1.807) is 5.38 Å². The third-order valence-electron chi connectivity index (χ3n) is 7.09. The Hall–Kier alpha value is -3.66. The molecule has 3 aromatic carbocycles. The van der Waals surface area contributed by atoms with Crippen LogP contribution in [0.2, 0.25) is 0 Å². The molecule has 9 heteroatoms. The van der Waals surface area contributed by atoms with Gasteiger partial charge in [-0.3, -0.25) is 10.2 Å². The quantitative estimate of drug-likeness (QED) is 0.241. The highest BCUT2D eigenvalue weighted by Crippen LogP contribution is 2.29. The van der Waals surface area contributed by atoms with E-state index in [0.29, 0.717) is 37.1 Å². The maximum absolute atomic E-state index is 14.3. The molecule has 0 bridgehead atoms. The summed E-state index contributed by atoms with van der Waals surface area (Å²) in [4.78, 5) is 22.1. The van der Waals surface area contributed by atoms with Gasteiger partial charge in [-0.15, -0.1) is 11.3 Å². The summed E-state index contributed by atoms with van der Waals surface area (Å²) < 4.78 is 33.1. The summed E-state index contributed by atoms with van der Waals surface area (Å²) in [5.74, 6) is -1.21. The lowest BCUT2D eigenvalue weighted by molar-refractivity contribution is 0.0351. The van der Waals surface area contributed by atoms with Gasteiger partial charge in [-0.2, -0.15) is 0 Å². The van der Waals surface area contributed by atoms with Crippen molar-refractivity contribution in [1.82, 2.24) is 14.8 Å². The van der Waals surface area contributed by atoms with Gasteiger partial charge >= 0.3 is 6.03 Å². The van der Waals surface area contributed by atoms with Crippen LogP contribution >= 0.6 is 11.3 Å². The third kappa shape index (κ3) is 7.29. The van der Waals surface area contributed by atoms with E-state index in [2.05, 4.69) is 39.5 Å². The molecule has 1 fully saturated rings. The third-order valence-corrected chi connectivity index (χ3v) is 7.85. The Morgan fingerprint density at radius 3 is 2.30 bits per heavy atom. The highest BCUT2D eigenvalue weighted by molar-refractivity contribution is 7.14. The molecule has 2 heterocycles. The van der Waals surface area contributed by atoms with Gasteiger partial charge in [0.15, 0.2) is 5.13 Å². The van der Waals surface area contributed by atoms with Crippen molar-refractivity contribution in [1.29, 1.82) is 0 Å². The smallest absolute Gasteiger partial charge is 0.323 e. The Balaban J connectivity index is 1.31. The fraction of sp³-hybridized carbons (Fsp3) is 0.290. The van der Waals surface area contributed by atoms with Crippen molar-refractivity contribution in [3.63, 3.8) is 0 Å². The predicted molar refractivity (Wildman–Crippen MR) is 155 cm³/mol. The molecule has 4 aromatic rings. The van der Waals surface area contributed by atoms with E-state index in [1.165, 1.54) is 34.6 Å². The summed E-state index contributed by atoms with van der Waals surface area (Å²) in [6.07, 6.45) is 0.745. The van der Waals surface area contributed by atoms with Gasteiger partial charge in [0.05, 0.1) is 18.9 Å². The highest BCUT2D eigenvalue weighted by atomic mass is 32.1. The fourth-order valence-corrected chi connectivity index (χ4v) is 5.61. The summed E-state index contributed by atoms with van der Waals surface area (Å²) in [6.45, 7) is 4.89. The van der Waals surface area contributed by atoms with Gasteiger partial charge in [0, 0.05) is 55.7 Å². The molecule has 1 saturated heterocycles. The Morgan fingerprint density at radius 2 is 1.65 bits per heavy atom. The zero-order valence-corrected chi connectivity index (χ0v) is 23.0. The van der Waals surface area contributed by atoms with E-state index in [4.69, 9.17) is 4.74 Å². The molecule has 0 radical (unpaired) electrons. The van der Waals surface area contributed by atoms with Gasteiger partial charge in [0.1, 0.15) is 11.6 Å². The number of thiazole rings is 1. The second-order valence-electron chi connectivity index (χ2n) is 9.70. The van der Waals surface area contributed by atoms with Crippen molar-refractivity contribution in [2.45, 2.75) is 12.3 Å². The van der Waals surface area contributed by atoms with Crippen LogP contribution in [0.5, 0.6) is 0 Å². The fourth-order valence-electron chi connectivity index (χ4n) is 4.91. The predicted octanol–water partition coefficient (Wildman–Crippen LogP) is 6.48. The van der Waals surface area contributed by atoms with Crippen LogP contribution in [0.1, 0.15) is 23.5 Å². The van der Waals surface area contributed by atoms with Crippen LogP contribution in [-0.4, -0.2) is 66.8 Å². The number of anilines is 1. The standard InChI is InChI=1S/C31H32F2N4O2S/c32-25-11-12-27(28(33)21-25)29-22-40-30(34-29)35-31(38)37(16-15-36-17-19-39-20-18-36)14-13-26(23-7-3-1-4-8-23)24-9-5-2-6-10-24/h1-12,21-22,26H,13-20H2,(H,34,35,38). The van der Waals surface area contributed by atoms with Gasteiger partial charge in [-0.05, 0) is 29.7 Å². The monoisotopic (exact) mass is 562 g/mol. The molecule has 0 aliphatic carbocycles. The number of hydrogen-bond acceptors (Lipinski definition) is 5. The van der Waals surface area contributed by atoms with Crippen LogP contribution < -0.4 is 5.32 Å². The number of morpholine rings is 1. The molecule has 0 spiro atoms. The number of rotatable bonds is 10. The number of amides is 2. The number of hydrogen-bond donors (Lipinski definition) is 1. The molecule has 1 aliphatic heterocycles. The van der Waals surface area contributed by atoms with E-state index >= 15 is 0 Å². The summed E-state index contributed by atoms with van der Waals surface area (Å²) in [7, 11) is 0. The molecule has 1 aromatic heterocycles. The summed E-state index contributed by atoms with van der Waals surface area (Å²) in [5.41, 5.74) is 2.95. The summed E-state index contributed by atoms with van der Waals surface area (Å²) in [6, 6.07) is 23.8. The van der Waals surface area contributed by atoms with Crippen molar-refractivity contribution in [2.24, 2.45) is 0 Å². The second kappa shape index (κ2) is 13.6. The lowest BCUT2D eigenvalue weighted by Crippen LogP contribution is -2.44. The van der Waals surface area contributed by atoms with Crippen LogP contribution in [0, 0.1) is 11.6 Å². The van der Waals surface area contributed by atoms with Crippen LogP contribution in [0.3, 0.4) is 0 Å². The average Bonchev–Trinajstić information content (AvgIpc) is 3.44. The number of carbonyl (C=O) groups excluding carboxylic acids is 1. The van der Waals surface area contributed by atoms with E-state index in [1.807, 2.05) is 41.3 Å². The molecule has 0 saturated carbocycles. The van der Waals surface area contributed by atoms with Crippen molar-refractivity contribution in [3.05, 3.63) is 107 Å². The molecular weight excluding hydrogens is 530 g/mol. The first-order chi connectivity index (χ1) is 19.6. The van der Waals surface area contributed by atoms with Crippen LogP contribution in [0.4, 0.5) is 18.7 Å². The molecular formula is C31H32F2N4O2S. The number of benzene rings is 3. The molecule has 2 amide bonds. The largest absolute Gasteiger partial charge is 0.379 e. The zero-order valence-electron chi connectivity index (χ0n) is 22.1. The second-order valence-corrected chi connectivity index (χ2v) is 10.6. The average molecular weight is 563 g/mol. The van der Waals surface area contributed by atoms with E-state index in [-0.39, 0.29) is 17.5 Å². The van der Waals surface area contributed by atoms with Crippen molar-refractivity contribution in [3.8, 4) is 11.3 Å². The van der Waals surface area contributed by atoms with Crippen LogP contribution in [0.15, 0.2) is 84.2 Å². The molecule has 40 heavy (non-hydrogen) atoms. The van der Waals surface area contributed by atoms with E-state index < -0.39 is 11.6 Å². The Kier molecular flexibility index (Phi) is 9.49. The number of nitrogens with zero attached hydrogens (tertiary/aromatic N) is 3. The Labute approximate surface area is 237 Å². The van der Waals surface area contributed by atoms with E-state index in [0.717, 1.165) is 32.1 Å². The first-order valence-corrected chi connectivity index (χ1v) is 14.3. The molecule has 1 aliphatic rings. The lowest BCUT2D eigenvalue weighted by atomic mass is 9.88. The number of urea groups is 1. The maximum atomic E-state index is 14.3. The van der Waals surface area contributed by atoms with Gasteiger partial charge in [-0.1, -0.05) is 60.7 Å². The molecule has 1 N–H and O–H groups in total. The minimum Gasteiger partial charge on any atom is -0.379 e. The van der Waals surface area contributed by atoms with Crippen molar-refractivity contribution in [2.75, 3.05) is 51.3 Å².